The van der Waals surface area contributed by atoms with Crippen LogP contribution in [0.2, 0.25) is 0 Å². The standard InChI is InChI=1S/C20H22S/c1-18-12-14-20(15-13-18)11-7-17-21-16-6-10-19-8-4-2-3-5-9-19/h8,12-15H,2-5,9,16-17H2,1H3. The highest BCUT2D eigenvalue weighted by molar-refractivity contribution is 7.99. The molecule has 1 aliphatic carbocycles. The molecule has 21 heavy (non-hydrogen) atoms. The molecule has 0 spiro atoms. The summed E-state index contributed by atoms with van der Waals surface area (Å²) in [4.78, 5) is 0. The molecule has 0 heterocycles. The maximum Gasteiger partial charge on any atom is 0.0560 e. The average Bonchev–Trinajstić information content (AvgIpc) is 2.77. The molecule has 1 heteroatoms. The highest BCUT2D eigenvalue weighted by atomic mass is 32.2. The predicted molar refractivity (Wildman–Crippen MR) is 94.3 cm³/mol. The molecule has 0 radical (unpaired) electrons. The molecule has 0 aliphatic heterocycles. The van der Waals surface area contributed by atoms with E-state index in [1.165, 1.54) is 43.2 Å². The van der Waals surface area contributed by atoms with Crippen LogP contribution >= 0.6 is 11.8 Å². The quantitative estimate of drug-likeness (QED) is 0.548. The van der Waals surface area contributed by atoms with Crippen LogP contribution in [-0.2, 0) is 0 Å². The van der Waals surface area contributed by atoms with Gasteiger partial charge in [-0.2, -0.15) is 0 Å². The van der Waals surface area contributed by atoms with E-state index < -0.39 is 0 Å². The van der Waals surface area contributed by atoms with Gasteiger partial charge < -0.3 is 0 Å². The van der Waals surface area contributed by atoms with Gasteiger partial charge in [0.2, 0.25) is 0 Å². The van der Waals surface area contributed by atoms with Gasteiger partial charge in [0.05, 0.1) is 11.5 Å². The summed E-state index contributed by atoms with van der Waals surface area (Å²) in [7, 11) is 0. The van der Waals surface area contributed by atoms with Crippen LogP contribution in [0, 0.1) is 30.6 Å². The van der Waals surface area contributed by atoms with Crippen LogP contribution in [0.5, 0.6) is 0 Å². The molecule has 0 atom stereocenters. The average molecular weight is 294 g/mol. The SMILES string of the molecule is Cc1ccc(C#CCSCC#CC2=CCCCCC2)cc1. The first-order chi connectivity index (χ1) is 10.3. The third-order valence-electron chi connectivity index (χ3n) is 3.42. The van der Waals surface area contributed by atoms with Crippen molar-refractivity contribution in [3.63, 3.8) is 0 Å². The second kappa shape index (κ2) is 9.38. The topological polar surface area (TPSA) is 0 Å². The minimum atomic E-state index is 0.849. The van der Waals surface area contributed by atoms with Gasteiger partial charge in [0, 0.05) is 5.56 Å². The van der Waals surface area contributed by atoms with Crippen LogP contribution in [0.3, 0.4) is 0 Å². The highest BCUT2D eigenvalue weighted by Gasteiger charge is 1.98. The molecule has 1 aliphatic rings. The van der Waals surface area contributed by atoms with Crippen LogP contribution in [0.15, 0.2) is 35.9 Å². The van der Waals surface area contributed by atoms with Gasteiger partial charge in [-0.25, -0.2) is 0 Å². The van der Waals surface area contributed by atoms with E-state index in [0.717, 1.165) is 17.1 Å². The molecule has 0 unspecified atom stereocenters. The van der Waals surface area contributed by atoms with Crippen molar-refractivity contribution in [1.82, 2.24) is 0 Å². The molecule has 2 rings (SSSR count). The Hall–Kier alpha value is -1.57. The lowest BCUT2D eigenvalue weighted by Gasteiger charge is -1.93. The molecule has 0 aromatic heterocycles. The first-order valence-electron chi connectivity index (χ1n) is 7.66. The fourth-order valence-corrected chi connectivity index (χ4v) is 2.66. The maximum atomic E-state index is 3.32. The van der Waals surface area contributed by atoms with Crippen LogP contribution in [0.25, 0.3) is 0 Å². The molecule has 0 N–H and O–H groups in total. The summed E-state index contributed by atoms with van der Waals surface area (Å²) in [6, 6.07) is 8.35. The summed E-state index contributed by atoms with van der Waals surface area (Å²) in [6.45, 7) is 2.09. The van der Waals surface area contributed by atoms with E-state index in [2.05, 4.69) is 60.9 Å². The van der Waals surface area contributed by atoms with Crippen LogP contribution in [0.1, 0.15) is 43.2 Å². The highest BCUT2D eigenvalue weighted by Crippen LogP contribution is 2.16. The molecular weight excluding hydrogens is 272 g/mol. The molecule has 0 bridgehead atoms. The molecular formula is C20H22S. The van der Waals surface area contributed by atoms with Crippen LogP contribution in [0.4, 0.5) is 0 Å². The Balaban J connectivity index is 1.68. The molecule has 108 valence electrons. The second-order valence-electron chi connectivity index (χ2n) is 5.29. The van der Waals surface area contributed by atoms with Gasteiger partial charge in [-0.05, 0) is 50.3 Å². The number of thioether (sulfide) groups is 1. The van der Waals surface area contributed by atoms with Gasteiger partial charge in [-0.15, -0.1) is 11.8 Å². The van der Waals surface area contributed by atoms with Crippen molar-refractivity contribution in [2.24, 2.45) is 0 Å². The number of allylic oxidation sites excluding steroid dienone is 2. The fourth-order valence-electron chi connectivity index (χ4n) is 2.21. The Labute approximate surface area is 133 Å². The second-order valence-corrected chi connectivity index (χ2v) is 6.28. The van der Waals surface area contributed by atoms with E-state index in [-0.39, 0.29) is 0 Å². The third kappa shape index (κ3) is 6.61. The van der Waals surface area contributed by atoms with Crippen molar-refractivity contribution in [2.75, 3.05) is 11.5 Å². The molecule has 1 aromatic rings. The molecule has 0 saturated carbocycles. The fraction of sp³-hybridized carbons (Fsp3) is 0.400. The summed E-state index contributed by atoms with van der Waals surface area (Å²) >= 11 is 1.79. The van der Waals surface area contributed by atoms with E-state index in [4.69, 9.17) is 0 Å². The first-order valence-corrected chi connectivity index (χ1v) is 8.81. The molecule has 0 saturated heterocycles. The Morgan fingerprint density at radius 1 is 0.952 bits per heavy atom. The predicted octanol–water partition coefficient (Wildman–Crippen LogP) is 4.97. The van der Waals surface area contributed by atoms with E-state index in [1.54, 1.807) is 11.8 Å². The van der Waals surface area contributed by atoms with Crippen molar-refractivity contribution < 1.29 is 0 Å². The molecule has 0 amide bonds. The maximum absolute atomic E-state index is 3.32. The first kappa shape index (κ1) is 15.8. The monoisotopic (exact) mass is 294 g/mol. The number of hydrogen-bond acceptors (Lipinski definition) is 1. The van der Waals surface area contributed by atoms with Gasteiger partial charge in [0.1, 0.15) is 0 Å². The van der Waals surface area contributed by atoms with Crippen molar-refractivity contribution in [1.29, 1.82) is 0 Å². The van der Waals surface area contributed by atoms with Gasteiger partial charge in [-0.3, -0.25) is 0 Å². The van der Waals surface area contributed by atoms with Crippen LogP contribution < -0.4 is 0 Å². The lowest BCUT2D eigenvalue weighted by atomic mass is 10.1. The smallest absolute Gasteiger partial charge is 0.0560 e. The van der Waals surface area contributed by atoms with E-state index >= 15 is 0 Å². The number of hydrogen-bond donors (Lipinski definition) is 0. The minimum Gasteiger partial charge on any atom is -0.136 e. The summed E-state index contributed by atoms with van der Waals surface area (Å²) in [5.74, 6) is 14.7. The van der Waals surface area contributed by atoms with Gasteiger partial charge >= 0.3 is 0 Å². The van der Waals surface area contributed by atoms with Crippen molar-refractivity contribution >= 4 is 11.8 Å². The lowest BCUT2D eigenvalue weighted by Crippen LogP contribution is -1.80. The summed E-state index contributed by atoms with van der Waals surface area (Å²) in [6.07, 6.45) is 8.68. The Kier molecular flexibility index (Phi) is 7.06. The van der Waals surface area contributed by atoms with Crippen LogP contribution in [-0.4, -0.2) is 11.5 Å². The van der Waals surface area contributed by atoms with Gasteiger partial charge in [0.15, 0.2) is 0 Å². The molecule has 1 aromatic carbocycles. The van der Waals surface area contributed by atoms with E-state index in [0.29, 0.717) is 0 Å². The lowest BCUT2D eigenvalue weighted by molar-refractivity contribution is 0.714. The normalized spacial score (nSPS) is 14.0. The van der Waals surface area contributed by atoms with E-state index in [1.807, 2.05) is 0 Å². The summed E-state index contributed by atoms with van der Waals surface area (Å²) < 4.78 is 0. The zero-order valence-corrected chi connectivity index (χ0v) is 13.6. The number of benzene rings is 1. The van der Waals surface area contributed by atoms with Crippen molar-refractivity contribution in [3.05, 3.63) is 47.0 Å². The molecule has 0 fully saturated rings. The molecule has 0 nitrogen and oxygen atoms in total. The Bertz CT molecular complexity index is 585. The summed E-state index contributed by atoms with van der Waals surface area (Å²) in [5, 5.41) is 0. The van der Waals surface area contributed by atoms with E-state index in [9.17, 15) is 0 Å². The number of aryl methyl sites for hydroxylation is 1. The zero-order valence-electron chi connectivity index (χ0n) is 12.7. The summed E-state index contributed by atoms with van der Waals surface area (Å²) in [5.41, 5.74) is 3.72. The largest absolute Gasteiger partial charge is 0.136 e. The van der Waals surface area contributed by atoms with Gasteiger partial charge in [0.25, 0.3) is 0 Å². The Morgan fingerprint density at radius 3 is 2.52 bits per heavy atom. The van der Waals surface area contributed by atoms with Gasteiger partial charge in [-0.1, -0.05) is 53.9 Å². The van der Waals surface area contributed by atoms with Crippen molar-refractivity contribution in [3.8, 4) is 23.7 Å². The number of rotatable bonds is 2. The zero-order chi connectivity index (χ0) is 14.8. The third-order valence-corrected chi connectivity index (χ3v) is 4.12. The minimum absolute atomic E-state index is 0.849. The van der Waals surface area contributed by atoms with Crippen molar-refractivity contribution in [2.45, 2.75) is 39.0 Å². The Morgan fingerprint density at radius 2 is 1.71 bits per heavy atom.